The zero-order chi connectivity index (χ0) is 28.0. The first kappa shape index (κ1) is 27.1. The van der Waals surface area contributed by atoms with Crippen LogP contribution < -0.4 is 0 Å². The minimum Gasteiger partial charge on any atom is -0.381 e. The van der Waals surface area contributed by atoms with Gasteiger partial charge in [-0.15, -0.1) is 0 Å². The van der Waals surface area contributed by atoms with Gasteiger partial charge in [-0.25, -0.2) is 8.78 Å². The number of halogens is 2. The minimum absolute atomic E-state index is 0.0552. The smallest absolute Gasteiger partial charge is 0.264 e. The van der Waals surface area contributed by atoms with E-state index in [1.807, 2.05) is 35.2 Å². The van der Waals surface area contributed by atoms with Gasteiger partial charge in [-0.1, -0.05) is 44.2 Å². The number of hydrogen-bond acceptors (Lipinski definition) is 3. The fourth-order valence-electron chi connectivity index (χ4n) is 6.89. The van der Waals surface area contributed by atoms with Gasteiger partial charge in [-0.3, -0.25) is 9.48 Å². The van der Waals surface area contributed by atoms with Gasteiger partial charge in [0.1, 0.15) is 0 Å². The lowest BCUT2D eigenvalue weighted by molar-refractivity contribution is -0.129. The van der Waals surface area contributed by atoms with Crippen molar-refractivity contribution in [3.05, 3.63) is 75.6 Å². The summed E-state index contributed by atoms with van der Waals surface area (Å²) in [7, 11) is 0. The number of benzene rings is 2. The molecule has 1 aliphatic carbocycles. The largest absolute Gasteiger partial charge is 0.381 e. The SMILES string of the molecule is CC(=O)N1CCc2c(c(C3CCCc4cc(-c5ccc(C(C)C)cc5)c(C(F)F)cc43)nn2C2CCOCC2)C1. The molecule has 40 heavy (non-hydrogen) atoms. The highest BCUT2D eigenvalue weighted by atomic mass is 19.3. The van der Waals surface area contributed by atoms with Crippen LogP contribution in [-0.4, -0.2) is 40.3 Å². The molecule has 1 amide bonds. The van der Waals surface area contributed by atoms with Gasteiger partial charge in [0.05, 0.1) is 11.7 Å². The van der Waals surface area contributed by atoms with Crippen molar-refractivity contribution in [3.63, 3.8) is 0 Å². The Morgan fingerprint density at radius 1 is 1.05 bits per heavy atom. The van der Waals surface area contributed by atoms with Gasteiger partial charge in [-0.2, -0.15) is 5.10 Å². The molecule has 212 valence electrons. The number of alkyl halides is 2. The topological polar surface area (TPSA) is 47.4 Å². The van der Waals surface area contributed by atoms with E-state index in [9.17, 15) is 13.6 Å². The molecule has 3 heterocycles. The Hall–Kier alpha value is -3.06. The van der Waals surface area contributed by atoms with E-state index in [4.69, 9.17) is 9.84 Å². The quantitative estimate of drug-likeness (QED) is 0.336. The van der Waals surface area contributed by atoms with Crippen LogP contribution in [0.2, 0.25) is 0 Å². The second kappa shape index (κ2) is 11.1. The van der Waals surface area contributed by atoms with Crippen LogP contribution in [0.4, 0.5) is 8.78 Å². The van der Waals surface area contributed by atoms with Crippen molar-refractivity contribution < 1.29 is 18.3 Å². The van der Waals surface area contributed by atoms with Gasteiger partial charge < -0.3 is 9.64 Å². The van der Waals surface area contributed by atoms with Gasteiger partial charge in [0, 0.05) is 62.4 Å². The number of hydrogen-bond donors (Lipinski definition) is 0. The Labute approximate surface area is 235 Å². The predicted molar refractivity (Wildman–Crippen MR) is 152 cm³/mol. The monoisotopic (exact) mass is 547 g/mol. The summed E-state index contributed by atoms with van der Waals surface area (Å²) in [5, 5.41) is 5.25. The summed E-state index contributed by atoms with van der Waals surface area (Å²) in [6.07, 6.45) is 2.75. The Balaban J connectivity index is 1.44. The van der Waals surface area contributed by atoms with Crippen LogP contribution in [-0.2, 0) is 28.9 Å². The molecule has 1 fully saturated rings. The van der Waals surface area contributed by atoms with E-state index in [0.717, 1.165) is 79.7 Å². The lowest BCUT2D eigenvalue weighted by atomic mass is 9.77. The second-order valence-corrected chi connectivity index (χ2v) is 11.9. The molecule has 2 aliphatic heterocycles. The van der Waals surface area contributed by atoms with Crippen molar-refractivity contribution in [1.29, 1.82) is 0 Å². The van der Waals surface area contributed by atoms with Crippen LogP contribution in [0.3, 0.4) is 0 Å². The first-order valence-corrected chi connectivity index (χ1v) is 14.8. The number of aromatic nitrogens is 2. The predicted octanol–water partition coefficient (Wildman–Crippen LogP) is 7.34. The molecular weight excluding hydrogens is 508 g/mol. The molecule has 3 aliphatic rings. The van der Waals surface area contributed by atoms with Crippen LogP contribution in [0, 0.1) is 0 Å². The fourth-order valence-corrected chi connectivity index (χ4v) is 6.89. The zero-order valence-electron chi connectivity index (χ0n) is 23.8. The highest BCUT2D eigenvalue weighted by molar-refractivity contribution is 5.74. The molecular formula is C33H39F2N3O2. The van der Waals surface area contributed by atoms with E-state index in [-0.39, 0.29) is 23.4 Å². The van der Waals surface area contributed by atoms with E-state index in [1.165, 1.54) is 11.3 Å². The van der Waals surface area contributed by atoms with Crippen molar-refractivity contribution in [2.45, 2.75) is 90.1 Å². The zero-order valence-corrected chi connectivity index (χ0v) is 23.8. The number of aryl methyl sites for hydroxylation is 1. The summed E-state index contributed by atoms with van der Waals surface area (Å²) in [6.45, 7) is 8.56. The number of amides is 1. The standard InChI is InChI=1S/C33H39F2N3O2/c1-20(2)22-7-9-23(10-8-22)27-17-24-5-4-6-26(28(24)18-29(27)33(34)35)32-30-19-37(21(3)39)14-11-31(30)38(36-32)25-12-15-40-16-13-25/h7-10,17-18,20,25-26,33H,4-6,11-16,19H2,1-3H3. The van der Waals surface area contributed by atoms with Gasteiger partial charge in [0.15, 0.2) is 0 Å². The van der Waals surface area contributed by atoms with Gasteiger partial charge in [0.2, 0.25) is 5.91 Å². The van der Waals surface area contributed by atoms with Gasteiger partial charge >= 0.3 is 0 Å². The van der Waals surface area contributed by atoms with Crippen molar-refractivity contribution >= 4 is 5.91 Å². The van der Waals surface area contributed by atoms with Crippen LogP contribution in [0.15, 0.2) is 36.4 Å². The number of rotatable bonds is 5. The normalized spacial score (nSPS) is 19.7. The first-order chi connectivity index (χ1) is 19.3. The maximum atomic E-state index is 14.6. The third-order valence-corrected chi connectivity index (χ3v) is 9.18. The van der Waals surface area contributed by atoms with E-state index in [2.05, 4.69) is 18.5 Å². The molecule has 6 rings (SSSR count). The summed E-state index contributed by atoms with van der Waals surface area (Å²) >= 11 is 0. The molecule has 2 aromatic carbocycles. The molecule has 0 N–H and O–H groups in total. The van der Waals surface area contributed by atoms with E-state index < -0.39 is 6.43 Å². The van der Waals surface area contributed by atoms with Crippen LogP contribution in [0.5, 0.6) is 0 Å². The van der Waals surface area contributed by atoms with Crippen LogP contribution in [0.1, 0.15) is 110 Å². The number of fused-ring (bicyclic) bond motifs is 2. The second-order valence-electron chi connectivity index (χ2n) is 11.9. The molecule has 0 bridgehead atoms. The fraction of sp³-hybridized carbons (Fsp3) is 0.515. The van der Waals surface area contributed by atoms with Crippen molar-refractivity contribution in [2.75, 3.05) is 19.8 Å². The summed E-state index contributed by atoms with van der Waals surface area (Å²) in [4.78, 5) is 14.2. The third-order valence-electron chi connectivity index (χ3n) is 9.18. The lowest BCUT2D eigenvalue weighted by Crippen LogP contribution is -2.35. The molecule has 1 atom stereocenters. The van der Waals surface area contributed by atoms with Crippen molar-refractivity contribution in [1.82, 2.24) is 14.7 Å². The Morgan fingerprint density at radius 2 is 1.80 bits per heavy atom. The first-order valence-electron chi connectivity index (χ1n) is 14.8. The average molecular weight is 548 g/mol. The van der Waals surface area contributed by atoms with E-state index >= 15 is 0 Å². The number of nitrogens with zero attached hydrogens (tertiary/aromatic N) is 3. The lowest BCUT2D eigenvalue weighted by Gasteiger charge is -2.31. The summed E-state index contributed by atoms with van der Waals surface area (Å²) < 4.78 is 37.0. The highest BCUT2D eigenvalue weighted by Crippen LogP contribution is 2.44. The van der Waals surface area contributed by atoms with E-state index in [0.29, 0.717) is 24.6 Å². The Bertz CT molecular complexity index is 1390. The summed E-state index contributed by atoms with van der Waals surface area (Å²) in [5.41, 5.74) is 8.17. The number of carbonyl (C=O) groups is 1. The summed E-state index contributed by atoms with van der Waals surface area (Å²) in [6, 6.07) is 12.1. The third kappa shape index (κ3) is 4.98. The van der Waals surface area contributed by atoms with Gasteiger partial charge in [0.25, 0.3) is 6.43 Å². The molecule has 1 unspecified atom stereocenters. The maximum Gasteiger partial charge on any atom is 0.264 e. The molecule has 0 radical (unpaired) electrons. The van der Waals surface area contributed by atoms with Crippen LogP contribution in [0.25, 0.3) is 11.1 Å². The molecule has 0 saturated carbocycles. The van der Waals surface area contributed by atoms with Crippen molar-refractivity contribution in [3.8, 4) is 11.1 Å². The maximum absolute atomic E-state index is 14.6. The molecule has 1 saturated heterocycles. The minimum atomic E-state index is -2.57. The number of ether oxygens (including phenoxy) is 1. The van der Waals surface area contributed by atoms with Crippen LogP contribution >= 0.6 is 0 Å². The molecule has 1 aromatic heterocycles. The summed E-state index contributed by atoms with van der Waals surface area (Å²) in [5.74, 6) is 0.395. The molecule has 7 heteroatoms. The van der Waals surface area contributed by atoms with Crippen molar-refractivity contribution in [2.24, 2.45) is 0 Å². The molecule has 3 aromatic rings. The van der Waals surface area contributed by atoms with Gasteiger partial charge in [-0.05, 0) is 71.9 Å². The Morgan fingerprint density at radius 3 is 2.48 bits per heavy atom. The molecule has 5 nitrogen and oxygen atoms in total. The molecule has 0 spiro atoms. The number of carbonyl (C=O) groups excluding carboxylic acids is 1. The van der Waals surface area contributed by atoms with E-state index in [1.54, 1.807) is 13.0 Å². The average Bonchev–Trinajstić information content (AvgIpc) is 3.35. The Kier molecular flexibility index (Phi) is 7.51. The highest BCUT2D eigenvalue weighted by Gasteiger charge is 2.35.